The van der Waals surface area contributed by atoms with Crippen LogP contribution in [0.25, 0.3) is 0 Å². The second-order valence-electron chi connectivity index (χ2n) is 12.9. The van der Waals surface area contributed by atoms with Gasteiger partial charge >= 0.3 is 19.8 Å². The third kappa shape index (κ3) is 38.5. The van der Waals surface area contributed by atoms with Gasteiger partial charge in [0.25, 0.3) is 0 Å². The number of esters is 2. The van der Waals surface area contributed by atoms with Crippen LogP contribution < -0.4 is 0 Å². The summed E-state index contributed by atoms with van der Waals surface area (Å²) in [7, 11) is -4.80. The summed E-state index contributed by atoms with van der Waals surface area (Å²) in [5.74, 6) is -0.938. The Morgan fingerprint density at radius 1 is 0.569 bits per heavy atom. The molecule has 0 rings (SSSR count). The highest BCUT2D eigenvalue weighted by Crippen LogP contribution is 2.36. The Labute approximate surface area is 309 Å². The highest BCUT2D eigenvalue weighted by atomic mass is 31.2. The van der Waals surface area contributed by atoms with Gasteiger partial charge in [0.05, 0.1) is 6.61 Å². The monoisotopic (exact) mass is 736 g/mol. The van der Waals surface area contributed by atoms with Gasteiger partial charge in [-0.1, -0.05) is 133 Å². The topological polar surface area (TPSA) is 136 Å². The minimum atomic E-state index is -4.80. The third-order valence-electron chi connectivity index (χ3n) is 7.99. The number of allylic oxidation sites excluding steroid dienone is 10. The molecule has 2 N–H and O–H groups in total. The fourth-order valence-electron chi connectivity index (χ4n) is 5.02. The molecular formula is C41H69O9P. The maximum absolute atomic E-state index is 12.4. The number of ketones is 1. The highest BCUT2D eigenvalue weighted by molar-refractivity contribution is 7.46. The van der Waals surface area contributed by atoms with Crippen LogP contribution in [-0.2, 0) is 32.9 Å². The lowest BCUT2D eigenvalue weighted by Gasteiger charge is -2.18. The number of hydrogen-bond acceptors (Lipinski definition) is 7. The van der Waals surface area contributed by atoms with Crippen LogP contribution in [0.4, 0.5) is 0 Å². The molecule has 0 aliphatic rings. The minimum Gasteiger partial charge on any atom is -0.462 e. The van der Waals surface area contributed by atoms with E-state index in [2.05, 4.69) is 54.8 Å². The van der Waals surface area contributed by atoms with Crippen molar-refractivity contribution in [2.45, 2.75) is 168 Å². The van der Waals surface area contributed by atoms with Crippen molar-refractivity contribution in [1.29, 1.82) is 0 Å². The zero-order valence-corrected chi connectivity index (χ0v) is 32.6. The van der Waals surface area contributed by atoms with Gasteiger partial charge in [0.2, 0.25) is 0 Å². The molecule has 0 heterocycles. The third-order valence-corrected chi connectivity index (χ3v) is 8.47. The van der Waals surface area contributed by atoms with Crippen molar-refractivity contribution in [3.63, 3.8) is 0 Å². The van der Waals surface area contributed by atoms with E-state index in [0.717, 1.165) is 51.4 Å². The molecule has 0 aliphatic heterocycles. The molecular weight excluding hydrogens is 667 g/mol. The molecule has 0 spiro atoms. The number of unbranched alkanes of at least 4 members (excludes halogenated alkanes) is 14. The number of phosphoric ester groups is 1. The van der Waals surface area contributed by atoms with Crippen LogP contribution in [0.5, 0.6) is 0 Å². The summed E-state index contributed by atoms with van der Waals surface area (Å²) in [5.41, 5.74) is 0. The van der Waals surface area contributed by atoms with E-state index < -0.39 is 32.5 Å². The second-order valence-corrected chi connectivity index (χ2v) is 14.2. The van der Waals surface area contributed by atoms with E-state index in [-0.39, 0.29) is 25.2 Å². The lowest BCUT2D eigenvalue weighted by atomic mass is 10.1. The number of carbonyl (C=O) groups excluding carboxylic acids is 3. The molecule has 0 radical (unpaired) electrons. The fraction of sp³-hybridized carbons (Fsp3) is 0.683. The maximum atomic E-state index is 12.4. The lowest BCUT2D eigenvalue weighted by Crippen LogP contribution is -2.29. The first-order valence-corrected chi connectivity index (χ1v) is 21.1. The van der Waals surface area contributed by atoms with Crippen molar-refractivity contribution < 1.29 is 42.7 Å². The molecule has 0 saturated heterocycles. The molecule has 0 unspecified atom stereocenters. The SMILES string of the molecule is CCCCC/C=C\C=C\C(=O)CCCCCCCC(=O)O[C@H](COC(=O)CCC/C=C\C/C=C\C/C=C\CCCCCCCC)COP(=O)(O)O. The Morgan fingerprint density at radius 2 is 1.08 bits per heavy atom. The van der Waals surface area contributed by atoms with E-state index >= 15 is 0 Å². The molecule has 0 saturated carbocycles. The number of ether oxygens (including phenoxy) is 2. The predicted octanol–water partition coefficient (Wildman–Crippen LogP) is 10.9. The molecule has 292 valence electrons. The van der Waals surface area contributed by atoms with Crippen molar-refractivity contribution in [3.8, 4) is 0 Å². The van der Waals surface area contributed by atoms with Crippen LogP contribution in [0.2, 0.25) is 0 Å². The normalized spacial score (nSPS) is 13.0. The van der Waals surface area contributed by atoms with Gasteiger partial charge in [0.15, 0.2) is 11.9 Å². The van der Waals surface area contributed by atoms with Crippen molar-refractivity contribution in [2.75, 3.05) is 13.2 Å². The molecule has 0 aliphatic carbocycles. The summed E-state index contributed by atoms with van der Waals surface area (Å²) in [5, 5.41) is 0. The molecule has 10 heteroatoms. The summed E-state index contributed by atoms with van der Waals surface area (Å²) >= 11 is 0. The van der Waals surface area contributed by atoms with E-state index in [0.29, 0.717) is 25.7 Å². The molecule has 0 amide bonds. The Morgan fingerprint density at radius 3 is 1.75 bits per heavy atom. The minimum absolute atomic E-state index is 0.106. The molecule has 0 bridgehead atoms. The summed E-state index contributed by atoms with van der Waals surface area (Å²) in [6.07, 6.45) is 40.5. The van der Waals surface area contributed by atoms with E-state index in [1.165, 1.54) is 57.8 Å². The standard InChI is InChI=1S/C41H69O9P/c1-3-5-7-9-11-12-13-14-15-16-17-18-19-20-22-26-30-34-40(43)48-36-39(37-49-51(45,46)47)50-41(44)35-31-27-23-25-29-33-38(42)32-28-24-21-10-8-6-4-2/h14-15,17-18,20-22,24,28,32,39H,3-13,16,19,23,25-27,29-31,33-37H2,1-2H3,(H2,45,46,47)/b15-14-,18-17-,22-20-,24-21-,32-28+/t39-/m1/s1. The molecule has 9 nitrogen and oxygen atoms in total. The van der Waals surface area contributed by atoms with E-state index in [9.17, 15) is 18.9 Å². The molecule has 0 aromatic rings. The summed E-state index contributed by atoms with van der Waals surface area (Å²) in [6, 6.07) is 0. The van der Waals surface area contributed by atoms with Crippen LogP contribution in [0.3, 0.4) is 0 Å². The maximum Gasteiger partial charge on any atom is 0.469 e. The first kappa shape index (κ1) is 48.4. The Balaban J connectivity index is 4.14. The van der Waals surface area contributed by atoms with Crippen molar-refractivity contribution in [2.24, 2.45) is 0 Å². The fourth-order valence-corrected chi connectivity index (χ4v) is 5.38. The van der Waals surface area contributed by atoms with Gasteiger partial charge in [-0.2, -0.15) is 0 Å². The molecule has 0 aromatic heterocycles. The average Bonchev–Trinajstić information content (AvgIpc) is 3.09. The smallest absolute Gasteiger partial charge is 0.462 e. The predicted molar refractivity (Wildman–Crippen MR) is 207 cm³/mol. The zero-order chi connectivity index (χ0) is 37.7. The molecule has 0 fully saturated rings. The van der Waals surface area contributed by atoms with Crippen molar-refractivity contribution in [1.82, 2.24) is 0 Å². The van der Waals surface area contributed by atoms with E-state index in [4.69, 9.17) is 19.3 Å². The summed E-state index contributed by atoms with van der Waals surface area (Å²) in [4.78, 5) is 54.7. The molecule has 1 atom stereocenters. The number of phosphoric acid groups is 1. The molecule has 51 heavy (non-hydrogen) atoms. The van der Waals surface area contributed by atoms with Gasteiger partial charge in [-0.25, -0.2) is 4.57 Å². The largest absolute Gasteiger partial charge is 0.469 e. The molecule has 0 aromatic carbocycles. The highest BCUT2D eigenvalue weighted by Gasteiger charge is 2.22. The quantitative estimate of drug-likeness (QED) is 0.0163. The van der Waals surface area contributed by atoms with Gasteiger partial charge in [0, 0.05) is 19.3 Å². The van der Waals surface area contributed by atoms with Crippen LogP contribution in [0.15, 0.2) is 60.8 Å². The van der Waals surface area contributed by atoms with Crippen LogP contribution >= 0.6 is 7.82 Å². The summed E-state index contributed by atoms with van der Waals surface area (Å²) in [6.45, 7) is 3.47. The lowest BCUT2D eigenvalue weighted by molar-refractivity contribution is -0.161. The van der Waals surface area contributed by atoms with Crippen molar-refractivity contribution >= 4 is 25.5 Å². The van der Waals surface area contributed by atoms with Gasteiger partial charge in [-0.15, -0.1) is 0 Å². The van der Waals surface area contributed by atoms with Gasteiger partial charge in [0.1, 0.15) is 6.61 Å². The van der Waals surface area contributed by atoms with Gasteiger partial charge in [-0.3, -0.25) is 18.9 Å². The number of rotatable bonds is 35. The summed E-state index contributed by atoms with van der Waals surface area (Å²) < 4.78 is 26.2. The first-order chi connectivity index (χ1) is 24.7. The van der Waals surface area contributed by atoms with E-state index in [1.807, 2.05) is 12.2 Å². The average molecular weight is 737 g/mol. The van der Waals surface area contributed by atoms with Crippen LogP contribution in [0.1, 0.15) is 162 Å². The second kappa shape index (κ2) is 35.8. The Hall–Kier alpha value is -2.58. The Kier molecular flexibility index (Phi) is 34.0. The van der Waals surface area contributed by atoms with Gasteiger partial charge < -0.3 is 19.3 Å². The number of hydrogen-bond donors (Lipinski definition) is 2. The van der Waals surface area contributed by atoms with Crippen LogP contribution in [-0.4, -0.2) is 46.8 Å². The van der Waals surface area contributed by atoms with E-state index in [1.54, 1.807) is 12.2 Å². The first-order valence-electron chi connectivity index (χ1n) is 19.5. The van der Waals surface area contributed by atoms with Gasteiger partial charge in [-0.05, 0) is 70.3 Å². The number of carbonyl (C=O) groups is 3. The van der Waals surface area contributed by atoms with Crippen LogP contribution in [0, 0.1) is 0 Å². The zero-order valence-electron chi connectivity index (χ0n) is 31.7. The van der Waals surface area contributed by atoms with Crippen molar-refractivity contribution in [3.05, 3.63) is 60.8 Å². The Bertz CT molecular complexity index is 1070.